The fourth-order valence-corrected chi connectivity index (χ4v) is 2.21. The van der Waals surface area contributed by atoms with Crippen molar-refractivity contribution in [3.8, 4) is 5.75 Å². The number of carbonyl (C=O) groups is 1. The molecule has 0 saturated heterocycles. The van der Waals surface area contributed by atoms with Gasteiger partial charge in [0.05, 0.1) is 13.2 Å². The Bertz CT molecular complexity index is 435. The molecule has 0 radical (unpaired) electrons. The van der Waals surface area contributed by atoms with Crippen LogP contribution in [-0.4, -0.2) is 31.3 Å². The lowest BCUT2D eigenvalue weighted by Crippen LogP contribution is -2.52. The molecule has 0 aliphatic heterocycles. The molecule has 1 N–H and O–H groups in total. The van der Waals surface area contributed by atoms with Crippen LogP contribution in [-0.2, 0) is 9.53 Å². The summed E-state index contributed by atoms with van der Waals surface area (Å²) in [7, 11) is 1.36. The number of nitrogens with one attached hydrogen (secondary N) is 1. The van der Waals surface area contributed by atoms with E-state index in [0.717, 1.165) is 0 Å². The van der Waals surface area contributed by atoms with Gasteiger partial charge in [0.15, 0.2) is 0 Å². The van der Waals surface area contributed by atoms with Gasteiger partial charge in [-0.05, 0) is 44.7 Å². The van der Waals surface area contributed by atoms with Crippen LogP contribution in [0.25, 0.3) is 0 Å². The first-order valence-electron chi connectivity index (χ1n) is 6.67. The maximum Gasteiger partial charge on any atom is 0.325 e. The van der Waals surface area contributed by atoms with Crippen LogP contribution in [0.5, 0.6) is 5.75 Å². The van der Waals surface area contributed by atoms with Gasteiger partial charge in [0.1, 0.15) is 17.1 Å². The Morgan fingerprint density at radius 3 is 2.50 bits per heavy atom. The molecule has 112 valence electrons. The summed E-state index contributed by atoms with van der Waals surface area (Å²) in [6.07, 6.45) is 0.230. The van der Waals surface area contributed by atoms with Crippen LogP contribution in [0.4, 0.5) is 4.39 Å². The second kappa shape index (κ2) is 7.24. The summed E-state index contributed by atoms with van der Waals surface area (Å²) < 4.78 is 23.3. The summed E-state index contributed by atoms with van der Waals surface area (Å²) >= 11 is 0. The van der Waals surface area contributed by atoms with Gasteiger partial charge in [-0.15, -0.1) is 0 Å². The molecule has 4 nitrogen and oxygen atoms in total. The molecule has 0 aliphatic carbocycles. The topological polar surface area (TPSA) is 47.6 Å². The molecule has 0 saturated carbocycles. The third-order valence-electron chi connectivity index (χ3n) is 3.05. The minimum atomic E-state index is -0.803. The van der Waals surface area contributed by atoms with E-state index in [2.05, 4.69) is 5.32 Å². The number of hydrogen-bond acceptors (Lipinski definition) is 4. The van der Waals surface area contributed by atoms with Crippen molar-refractivity contribution in [1.82, 2.24) is 5.32 Å². The number of hydrogen-bond donors (Lipinski definition) is 1. The van der Waals surface area contributed by atoms with Gasteiger partial charge >= 0.3 is 5.97 Å². The van der Waals surface area contributed by atoms with E-state index in [0.29, 0.717) is 18.7 Å². The zero-order chi connectivity index (χ0) is 15.2. The summed E-state index contributed by atoms with van der Waals surface area (Å²) in [6, 6.07) is 5.81. The fourth-order valence-electron chi connectivity index (χ4n) is 2.21. The molecule has 2 atom stereocenters. The number of halogens is 1. The maximum atomic E-state index is 12.8. The number of likely N-dealkylation sites (N-methyl/N-ethyl adjacent to an activating group) is 1. The third-order valence-corrected chi connectivity index (χ3v) is 3.05. The van der Waals surface area contributed by atoms with E-state index < -0.39 is 5.54 Å². The molecular formula is C15H22FNO3. The summed E-state index contributed by atoms with van der Waals surface area (Å²) in [4.78, 5) is 11.9. The smallest absolute Gasteiger partial charge is 0.325 e. The molecule has 0 aromatic heterocycles. The van der Waals surface area contributed by atoms with E-state index in [4.69, 9.17) is 9.47 Å². The molecule has 0 heterocycles. The zero-order valence-electron chi connectivity index (χ0n) is 12.4. The van der Waals surface area contributed by atoms with Gasteiger partial charge in [0, 0.05) is 6.42 Å². The second-order valence-electron chi connectivity index (χ2n) is 4.94. The lowest BCUT2D eigenvalue weighted by Gasteiger charge is -2.30. The molecule has 1 rings (SSSR count). The number of rotatable bonds is 7. The third kappa shape index (κ3) is 4.49. The average Bonchev–Trinajstić information content (AvgIpc) is 2.40. The largest absolute Gasteiger partial charge is 0.491 e. The maximum absolute atomic E-state index is 12.8. The molecule has 0 aliphatic rings. The number of ether oxygens (including phenoxy) is 2. The summed E-state index contributed by atoms with van der Waals surface area (Å²) in [5.74, 6) is -0.0615. The van der Waals surface area contributed by atoms with Gasteiger partial charge in [-0.2, -0.15) is 0 Å². The van der Waals surface area contributed by atoms with Gasteiger partial charge in [-0.3, -0.25) is 4.79 Å². The van der Waals surface area contributed by atoms with Crippen LogP contribution in [0, 0.1) is 5.82 Å². The standard InChI is InChI=1S/C15H22FNO3/c1-5-17-15(3,14(18)19-4)10-11(2)20-13-8-6-12(16)7-9-13/h6-9,11,17H,5,10H2,1-4H3. The number of benzene rings is 1. The Labute approximate surface area is 119 Å². The Kier molecular flexibility index (Phi) is 5.95. The van der Waals surface area contributed by atoms with Crippen molar-refractivity contribution in [3.05, 3.63) is 30.1 Å². The highest BCUT2D eigenvalue weighted by Gasteiger charge is 2.35. The molecule has 5 heteroatoms. The van der Waals surface area contributed by atoms with Crippen molar-refractivity contribution in [1.29, 1.82) is 0 Å². The minimum absolute atomic E-state index is 0.219. The zero-order valence-corrected chi connectivity index (χ0v) is 12.4. The van der Waals surface area contributed by atoms with E-state index >= 15 is 0 Å². The molecule has 20 heavy (non-hydrogen) atoms. The lowest BCUT2D eigenvalue weighted by molar-refractivity contribution is -0.149. The molecular weight excluding hydrogens is 261 g/mol. The van der Waals surface area contributed by atoms with Gasteiger partial charge in [0.25, 0.3) is 0 Å². The van der Waals surface area contributed by atoms with Crippen LogP contribution in [0.2, 0.25) is 0 Å². The van der Waals surface area contributed by atoms with E-state index in [1.54, 1.807) is 19.1 Å². The minimum Gasteiger partial charge on any atom is -0.491 e. The SMILES string of the molecule is CCNC(C)(CC(C)Oc1ccc(F)cc1)C(=O)OC. The normalized spacial score (nSPS) is 15.2. The van der Waals surface area contributed by atoms with Crippen LogP contribution in [0.3, 0.4) is 0 Å². The van der Waals surface area contributed by atoms with Crippen LogP contribution < -0.4 is 10.1 Å². The lowest BCUT2D eigenvalue weighted by atomic mass is 9.94. The van der Waals surface area contributed by atoms with Gasteiger partial charge in [0.2, 0.25) is 0 Å². The van der Waals surface area contributed by atoms with Crippen molar-refractivity contribution in [2.45, 2.75) is 38.8 Å². The molecule has 0 amide bonds. The Morgan fingerprint density at radius 1 is 1.40 bits per heavy atom. The van der Waals surface area contributed by atoms with Crippen molar-refractivity contribution < 1.29 is 18.7 Å². The van der Waals surface area contributed by atoms with Crippen LogP contribution in [0.1, 0.15) is 27.2 Å². The van der Waals surface area contributed by atoms with Crippen molar-refractivity contribution in [2.75, 3.05) is 13.7 Å². The van der Waals surface area contributed by atoms with E-state index in [-0.39, 0.29) is 17.9 Å². The summed E-state index contributed by atoms with van der Waals surface area (Å²) in [5, 5.41) is 3.12. The van der Waals surface area contributed by atoms with E-state index in [1.165, 1.54) is 19.2 Å². The molecule has 1 aromatic carbocycles. The first-order chi connectivity index (χ1) is 9.41. The predicted molar refractivity (Wildman–Crippen MR) is 75.2 cm³/mol. The Morgan fingerprint density at radius 2 is 2.00 bits per heavy atom. The predicted octanol–water partition coefficient (Wildman–Crippen LogP) is 2.52. The molecule has 0 spiro atoms. The van der Waals surface area contributed by atoms with Gasteiger partial charge < -0.3 is 14.8 Å². The Hall–Kier alpha value is -1.62. The second-order valence-corrected chi connectivity index (χ2v) is 4.94. The van der Waals surface area contributed by atoms with Crippen LogP contribution >= 0.6 is 0 Å². The summed E-state index contributed by atoms with van der Waals surface area (Å²) in [6.45, 7) is 6.22. The number of methoxy groups -OCH3 is 1. The first kappa shape index (κ1) is 16.4. The highest BCUT2D eigenvalue weighted by molar-refractivity contribution is 5.80. The molecule has 2 unspecified atom stereocenters. The number of carbonyl (C=O) groups excluding carboxylic acids is 1. The monoisotopic (exact) mass is 283 g/mol. The first-order valence-corrected chi connectivity index (χ1v) is 6.67. The average molecular weight is 283 g/mol. The highest BCUT2D eigenvalue weighted by atomic mass is 19.1. The van der Waals surface area contributed by atoms with Crippen molar-refractivity contribution in [3.63, 3.8) is 0 Å². The van der Waals surface area contributed by atoms with Gasteiger partial charge in [-0.25, -0.2) is 4.39 Å². The quantitative estimate of drug-likeness (QED) is 0.781. The van der Waals surface area contributed by atoms with Gasteiger partial charge in [-0.1, -0.05) is 6.92 Å². The van der Waals surface area contributed by atoms with Crippen molar-refractivity contribution in [2.24, 2.45) is 0 Å². The Balaban J connectivity index is 2.68. The van der Waals surface area contributed by atoms with Crippen LogP contribution in [0.15, 0.2) is 24.3 Å². The fraction of sp³-hybridized carbons (Fsp3) is 0.533. The molecule has 0 fully saturated rings. The highest BCUT2D eigenvalue weighted by Crippen LogP contribution is 2.20. The summed E-state index contributed by atoms with van der Waals surface area (Å²) in [5.41, 5.74) is -0.803. The van der Waals surface area contributed by atoms with Crippen molar-refractivity contribution >= 4 is 5.97 Å². The molecule has 0 bridgehead atoms. The molecule has 1 aromatic rings. The number of esters is 1. The van der Waals surface area contributed by atoms with E-state index in [9.17, 15) is 9.18 Å². The van der Waals surface area contributed by atoms with E-state index in [1.807, 2.05) is 13.8 Å².